The van der Waals surface area contributed by atoms with Crippen molar-refractivity contribution in [1.82, 2.24) is 24.4 Å². The van der Waals surface area contributed by atoms with Crippen molar-refractivity contribution in [2.45, 2.75) is 26.7 Å². The van der Waals surface area contributed by atoms with Gasteiger partial charge in [0.1, 0.15) is 10.7 Å². The van der Waals surface area contributed by atoms with Crippen LogP contribution in [0.1, 0.15) is 51.5 Å². The van der Waals surface area contributed by atoms with E-state index < -0.39 is 0 Å². The van der Waals surface area contributed by atoms with Crippen molar-refractivity contribution in [1.29, 1.82) is 0 Å². The summed E-state index contributed by atoms with van der Waals surface area (Å²) in [5.74, 6) is 1.28. The number of thiazole rings is 1. The fourth-order valence-corrected chi connectivity index (χ4v) is 4.36. The van der Waals surface area contributed by atoms with Crippen molar-refractivity contribution in [3.8, 4) is 0 Å². The first-order chi connectivity index (χ1) is 13.0. The van der Waals surface area contributed by atoms with Crippen LogP contribution >= 0.6 is 11.3 Å². The van der Waals surface area contributed by atoms with E-state index in [0.717, 1.165) is 16.5 Å². The molecular weight excluding hydrogens is 366 g/mol. The quantitative estimate of drug-likeness (QED) is 0.689. The molecule has 0 N–H and O–H groups in total. The molecule has 142 valence electrons. The molecule has 3 aromatic heterocycles. The first-order valence-corrected chi connectivity index (χ1v) is 9.75. The summed E-state index contributed by atoms with van der Waals surface area (Å²) in [5.41, 5.74) is 0.878. The molecule has 3 aromatic rings. The molecule has 1 aliphatic rings. The Morgan fingerprint density at radius 2 is 1.78 bits per heavy atom. The standard InChI is InChI=1S/C18H21N5O3S/c1-11(2)15-19-20-18-23(15)12(3)14(27-18)17(25)22-8-6-21(7-9-22)16(24)13-5-4-10-26-13/h4-5,10-11H,6-9H2,1-3H3. The molecule has 9 heteroatoms. The number of carbonyl (C=O) groups is 2. The number of aryl methyl sites for hydroxylation is 1. The van der Waals surface area contributed by atoms with Crippen molar-refractivity contribution in [3.63, 3.8) is 0 Å². The third-order valence-electron chi connectivity index (χ3n) is 4.81. The summed E-state index contributed by atoms with van der Waals surface area (Å²) in [6.07, 6.45) is 1.49. The second-order valence-corrected chi connectivity index (χ2v) is 7.89. The molecule has 1 fully saturated rings. The van der Waals surface area contributed by atoms with Gasteiger partial charge < -0.3 is 14.2 Å². The minimum Gasteiger partial charge on any atom is -0.459 e. The van der Waals surface area contributed by atoms with Crippen LogP contribution in [0.5, 0.6) is 0 Å². The number of aromatic nitrogens is 3. The van der Waals surface area contributed by atoms with Gasteiger partial charge >= 0.3 is 0 Å². The second-order valence-electron chi connectivity index (χ2n) is 6.91. The molecule has 4 heterocycles. The van der Waals surface area contributed by atoms with Crippen LogP contribution in [-0.4, -0.2) is 62.4 Å². The second kappa shape index (κ2) is 6.80. The molecule has 0 spiro atoms. The SMILES string of the molecule is Cc1c(C(=O)N2CCN(C(=O)c3ccco3)CC2)sc2nnc(C(C)C)n12. The molecule has 0 aromatic carbocycles. The van der Waals surface area contributed by atoms with Crippen LogP contribution in [-0.2, 0) is 0 Å². The molecule has 4 rings (SSSR count). The lowest BCUT2D eigenvalue weighted by Gasteiger charge is -2.34. The molecule has 0 saturated carbocycles. The largest absolute Gasteiger partial charge is 0.459 e. The number of rotatable bonds is 3. The summed E-state index contributed by atoms with van der Waals surface area (Å²) >= 11 is 1.37. The molecule has 1 saturated heterocycles. The van der Waals surface area contributed by atoms with E-state index in [-0.39, 0.29) is 17.7 Å². The van der Waals surface area contributed by atoms with Crippen LogP contribution in [0, 0.1) is 6.92 Å². The summed E-state index contributed by atoms with van der Waals surface area (Å²) < 4.78 is 7.15. The number of nitrogens with zero attached hydrogens (tertiary/aromatic N) is 5. The monoisotopic (exact) mass is 387 g/mol. The number of hydrogen-bond donors (Lipinski definition) is 0. The van der Waals surface area contributed by atoms with Crippen LogP contribution in [0.3, 0.4) is 0 Å². The van der Waals surface area contributed by atoms with E-state index in [1.165, 1.54) is 17.6 Å². The number of carbonyl (C=O) groups excluding carboxylic acids is 2. The van der Waals surface area contributed by atoms with E-state index in [1.54, 1.807) is 21.9 Å². The predicted molar refractivity (Wildman–Crippen MR) is 100 cm³/mol. The Labute approximate surface area is 160 Å². The lowest BCUT2D eigenvalue weighted by Crippen LogP contribution is -2.50. The predicted octanol–water partition coefficient (Wildman–Crippen LogP) is 2.41. The number of piperazine rings is 1. The normalized spacial score (nSPS) is 15.1. The van der Waals surface area contributed by atoms with E-state index in [2.05, 4.69) is 24.0 Å². The van der Waals surface area contributed by atoms with Crippen LogP contribution in [0.25, 0.3) is 4.96 Å². The molecule has 1 aliphatic heterocycles. The van der Waals surface area contributed by atoms with Crippen LogP contribution in [0.4, 0.5) is 0 Å². The Bertz CT molecular complexity index is 980. The average Bonchev–Trinajstić information content (AvgIpc) is 3.39. The van der Waals surface area contributed by atoms with Gasteiger partial charge in [-0.15, -0.1) is 10.2 Å². The Balaban J connectivity index is 1.49. The van der Waals surface area contributed by atoms with E-state index >= 15 is 0 Å². The van der Waals surface area contributed by atoms with Gasteiger partial charge in [-0.2, -0.15) is 0 Å². The highest BCUT2D eigenvalue weighted by molar-refractivity contribution is 7.19. The average molecular weight is 387 g/mol. The maximum absolute atomic E-state index is 13.0. The molecule has 0 aliphatic carbocycles. The Kier molecular flexibility index (Phi) is 4.47. The van der Waals surface area contributed by atoms with Gasteiger partial charge in [0.15, 0.2) is 5.76 Å². The highest BCUT2D eigenvalue weighted by atomic mass is 32.1. The molecule has 0 atom stereocenters. The zero-order valence-electron chi connectivity index (χ0n) is 15.5. The van der Waals surface area contributed by atoms with Gasteiger partial charge in [-0.05, 0) is 19.1 Å². The van der Waals surface area contributed by atoms with Crippen molar-refractivity contribution >= 4 is 28.1 Å². The molecule has 0 radical (unpaired) electrons. The number of hydrogen-bond acceptors (Lipinski definition) is 6. The van der Waals surface area contributed by atoms with E-state index in [1.807, 2.05) is 11.3 Å². The fraction of sp³-hybridized carbons (Fsp3) is 0.444. The molecular formula is C18H21N5O3S. The highest BCUT2D eigenvalue weighted by Crippen LogP contribution is 2.27. The third kappa shape index (κ3) is 3.01. The van der Waals surface area contributed by atoms with Gasteiger partial charge in [0.05, 0.1) is 6.26 Å². The molecule has 0 unspecified atom stereocenters. The zero-order valence-corrected chi connectivity index (χ0v) is 16.3. The van der Waals surface area contributed by atoms with E-state index in [9.17, 15) is 9.59 Å². The minimum atomic E-state index is -0.134. The van der Waals surface area contributed by atoms with Crippen molar-refractivity contribution in [2.75, 3.05) is 26.2 Å². The highest BCUT2D eigenvalue weighted by Gasteiger charge is 2.29. The molecule has 27 heavy (non-hydrogen) atoms. The Morgan fingerprint density at radius 1 is 1.11 bits per heavy atom. The number of amides is 2. The first-order valence-electron chi connectivity index (χ1n) is 8.94. The smallest absolute Gasteiger partial charge is 0.289 e. The van der Waals surface area contributed by atoms with Gasteiger partial charge in [0.2, 0.25) is 4.96 Å². The first kappa shape index (κ1) is 17.7. The van der Waals surface area contributed by atoms with Gasteiger partial charge in [0, 0.05) is 37.8 Å². The van der Waals surface area contributed by atoms with E-state index in [0.29, 0.717) is 36.8 Å². The summed E-state index contributed by atoms with van der Waals surface area (Å²) in [6, 6.07) is 3.36. The third-order valence-corrected chi connectivity index (χ3v) is 5.93. The molecule has 0 bridgehead atoms. The van der Waals surface area contributed by atoms with Crippen LogP contribution in [0.2, 0.25) is 0 Å². The van der Waals surface area contributed by atoms with E-state index in [4.69, 9.17) is 4.42 Å². The van der Waals surface area contributed by atoms with Gasteiger partial charge in [-0.3, -0.25) is 14.0 Å². The zero-order chi connectivity index (χ0) is 19.1. The molecule has 8 nitrogen and oxygen atoms in total. The summed E-state index contributed by atoms with van der Waals surface area (Å²) in [4.78, 5) is 30.3. The van der Waals surface area contributed by atoms with Crippen LogP contribution in [0.15, 0.2) is 22.8 Å². The summed E-state index contributed by atoms with van der Waals surface area (Å²) in [6.45, 7) is 8.04. The Morgan fingerprint density at radius 3 is 2.37 bits per heavy atom. The number of furan rings is 1. The van der Waals surface area contributed by atoms with Crippen molar-refractivity contribution < 1.29 is 14.0 Å². The summed E-state index contributed by atoms with van der Waals surface area (Å²) in [5, 5.41) is 8.44. The lowest BCUT2D eigenvalue weighted by atomic mass is 10.2. The lowest BCUT2D eigenvalue weighted by molar-refractivity contribution is 0.0520. The maximum atomic E-state index is 13.0. The minimum absolute atomic E-state index is 0.0113. The number of fused-ring (bicyclic) bond motifs is 1. The van der Waals surface area contributed by atoms with Crippen molar-refractivity contribution in [2.24, 2.45) is 0 Å². The summed E-state index contributed by atoms with van der Waals surface area (Å²) in [7, 11) is 0. The maximum Gasteiger partial charge on any atom is 0.289 e. The Hall–Kier alpha value is -2.68. The topological polar surface area (TPSA) is 84.0 Å². The van der Waals surface area contributed by atoms with Gasteiger partial charge in [0.25, 0.3) is 11.8 Å². The molecule has 2 amide bonds. The van der Waals surface area contributed by atoms with Crippen molar-refractivity contribution in [3.05, 3.63) is 40.6 Å². The van der Waals surface area contributed by atoms with Crippen LogP contribution < -0.4 is 0 Å². The van der Waals surface area contributed by atoms with Gasteiger partial charge in [-0.1, -0.05) is 25.2 Å². The fourth-order valence-electron chi connectivity index (χ4n) is 3.31. The van der Waals surface area contributed by atoms with Gasteiger partial charge in [-0.25, -0.2) is 0 Å².